The van der Waals surface area contributed by atoms with Crippen LogP contribution >= 0.6 is 0 Å². The molecular weight excluding hydrogens is 190 g/mol. The van der Waals surface area contributed by atoms with Gasteiger partial charge in [-0.2, -0.15) is 4.98 Å². The first-order chi connectivity index (χ1) is 7.15. The van der Waals surface area contributed by atoms with Gasteiger partial charge in [0.1, 0.15) is 0 Å². The first-order valence-electron chi connectivity index (χ1n) is 5.64. The van der Waals surface area contributed by atoms with Crippen molar-refractivity contribution < 1.29 is 4.52 Å². The van der Waals surface area contributed by atoms with Gasteiger partial charge in [0.2, 0.25) is 5.89 Å². The lowest BCUT2D eigenvalue weighted by Gasteiger charge is -2.09. The van der Waals surface area contributed by atoms with Crippen molar-refractivity contribution in [2.45, 2.75) is 46.1 Å². The molecule has 86 valence electrons. The van der Waals surface area contributed by atoms with E-state index in [9.17, 15) is 0 Å². The first-order valence-corrected chi connectivity index (χ1v) is 5.64. The minimum Gasteiger partial charge on any atom is -0.339 e. The van der Waals surface area contributed by atoms with Crippen LogP contribution in [0.2, 0.25) is 0 Å². The van der Waals surface area contributed by atoms with E-state index >= 15 is 0 Å². The molecule has 1 heterocycles. The molecule has 0 aliphatic rings. The number of hydrogen-bond acceptors (Lipinski definition) is 4. The Bertz CT molecular complexity index is 279. The van der Waals surface area contributed by atoms with Crippen LogP contribution in [0.1, 0.15) is 38.9 Å². The van der Waals surface area contributed by atoms with Gasteiger partial charge in [-0.1, -0.05) is 25.9 Å². The minimum absolute atomic E-state index is 0.428. The molecule has 0 amide bonds. The van der Waals surface area contributed by atoms with Crippen molar-refractivity contribution >= 4 is 0 Å². The maximum atomic E-state index is 5.20. The molecule has 4 heteroatoms. The van der Waals surface area contributed by atoms with Gasteiger partial charge in [-0.3, -0.25) is 0 Å². The maximum absolute atomic E-state index is 5.20. The van der Waals surface area contributed by atoms with E-state index in [4.69, 9.17) is 4.52 Å². The predicted octanol–water partition coefficient (Wildman–Crippen LogP) is 1.81. The fraction of sp³-hybridized carbons (Fsp3) is 0.818. The number of aromatic nitrogens is 2. The maximum Gasteiger partial charge on any atom is 0.228 e. The summed E-state index contributed by atoms with van der Waals surface area (Å²) in [7, 11) is 1.96. The Balaban J connectivity index is 2.52. The zero-order valence-electron chi connectivity index (χ0n) is 10.1. The van der Waals surface area contributed by atoms with E-state index in [-0.39, 0.29) is 0 Å². The largest absolute Gasteiger partial charge is 0.339 e. The molecule has 0 saturated carbocycles. The molecule has 1 atom stereocenters. The monoisotopic (exact) mass is 211 g/mol. The van der Waals surface area contributed by atoms with Gasteiger partial charge in [0.25, 0.3) is 0 Å². The lowest BCUT2D eigenvalue weighted by atomic mass is 10.1. The summed E-state index contributed by atoms with van der Waals surface area (Å²) in [5.74, 6) is 2.14. The van der Waals surface area contributed by atoms with Crippen LogP contribution < -0.4 is 5.32 Å². The Morgan fingerprint density at radius 2 is 2.07 bits per heavy atom. The standard InChI is InChI=1S/C11H21N3O/c1-5-9(12-4)7-11-13-10(14-15-11)6-8(2)3/h8-9,12H,5-7H2,1-4H3. The molecule has 1 aromatic rings. The van der Waals surface area contributed by atoms with Crippen LogP contribution in [0.25, 0.3) is 0 Å². The highest BCUT2D eigenvalue weighted by Crippen LogP contribution is 2.07. The van der Waals surface area contributed by atoms with Crippen molar-refractivity contribution in [2.75, 3.05) is 7.05 Å². The third kappa shape index (κ3) is 4.00. The van der Waals surface area contributed by atoms with Crippen molar-refractivity contribution in [3.63, 3.8) is 0 Å². The van der Waals surface area contributed by atoms with Gasteiger partial charge in [0.05, 0.1) is 0 Å². The fourth-order valence-electron chi connectivity index (χ4n) is 1.48. The van der Waals surface area contributed by atoms with Gasteiger partial charge in [-0.25, -0.2) is 0 Å². The average molecular weight is 211 g/mol. The van der Waals surface area contributed by atoms with E-state index in [0.717, 1.165) is 31.0 Å². The third-order valence-corrected chi connectivity index (χ3v) is 2.42. The second-order valence-electron chi connectivity index (χ2n) is 4.30. The van der Waals surface area contributed by atoms with Gasteiger partial charge in [0.15, 0.2) is 5.82 Å². The van der Waals surface area contributed by atoms with Crippen molar-refractivity contribution in [2.24, 2.45) is 5.92 Å². The second kappa shape index (κ2) is 5.85. The Morgan fingerprint density at radius 1 is 1.33 bits per heavy atom. The number of likely N-dealkylation sites (N-methyl/N-ethyl adjacent to an activating group) is 1. The quantitative estimate of drug-likeness (QED) is 0.779. The van der Waals surface area contributed by atoms with Crippen LogP contribution in [0, 0.1) is 5.92 Å². The summed E-state index contributed by atoms with van der Waals surface area (Å²) < 4.78 is 5.20. The van der Waals surface area contributed by atoms with Gasteiger partial charge in [-0.15, -0.1) is 0 Å². The summed E-state index contributed by atoms with van der Waals surface area (Å²) in [5.41, 5.74) is 0. The molecule has 1 unspecified atom stereocenters. The summed E-state index contributed by atoms with van der Waals surface area (Å²) in [6.45, 7) is 6.45. The van der Waals surface area contributed by atoms with Crippen LogP contribution in [0.5, 0.6) is 0 Å². The summed E-state index contributed by atoms with van der Waals surface area (Å²) in [6.07, 6.45) is 2.77. The summed E-state index contributed by atoms with van der Waals surface area (Å²) in [5, 5.41) is 7.19. The average Bonchev–Trinajstić information content (AvgIpc) is 2.61. The van der Waals surface area contributed by atoms with Crippen molar-refractivity contribution in [3.05, 3.63) is 11.7 Å². The van der Waals surface area contributed by atoms with Gasteiger partial charge >= 0.3 is 0 Å². The molecule has 0 aliphatic heterocycles. The SMILES string of the molecule is CCC(Cc1nc(CC(C)C)no1)NC. The third-order valence-electron chi connectivity index (χ3n) is 2.42. The molecule has 15 heavy (non-hydrogen) atoms. The van der Waals surface area contributed by atoms with Crippen LogP contribution in [-0.2, 0) is 12.8 Å². The van der Waals surface area contributed by atoms with Crippen LogP contribution in [-0.4, -0.2) is 23.2 Å². The van der Waals surface area contributed by atoms with Gasteiger partial charge in [-0.05, 0) is 19.4 Å². The number of rotatable bonds is 6. The van der Waals surface area contributed by atoms with Crippen molar-refractivity contribution in [1.29, 1.82) is 0 Å². The first kappa shape index (κ1) is 12.2. The Morgan fingerprint density at radius 3 is 2.60 bits per heavy atom. The van der Waals surface area contributed by atoms with E-state index in [1.54, 1.807) is 0 Å². The minimum atomic E-state index is 0.428. The summed E-state index contributed by atoms with van der Waals surface area (Å²) in [4.78, 5) is 4.37. The molecule has 0 spiro atoms. The topological polar surface area (TPSA) is 51.0 Å². The summed E-state index contributed by atoms with van der Waals surface area (Å²) >= 11 is 0. The zero-order valence-corrected chi connectivity index (χ0v) is 10.1. The van der Waals surface area contributed by atoms with Crippen LogP contribution in [0.15, 0.2) is 4.52 Å². The van der Waals surface area contributed by atoms with E-state index in [0.29, 0.717) is 12.0 Å². The number of nitrogens with one attached hydrogen (secondary N) is 1. The molecule has 0 bridgehead atoms. The fourth-order valence-corrected chi connectivity index (χ4v) is 1.48. The van der Waals surface area contributed by atoms with Crippen molar-refractivity contribution in [3.8, 4) is 0 Å². The molecule has 4 nitrogen and oxygen atoms in total. The van der Waals surface area contributed by atoms with Crippen LogP contribution in [0.4, 0.5) is 0 Å². The molecule has 0 fully saturated rings. The molecule has 0 aliphatic carbocycles. The molecule has 0 aromatic carbocycles. The van der Waals surface area contributed by atoms with Crippen molar-refractivity contribution in [1.82, 2.24) is 15.5 Å². The highest BCUT2D eigenvalue weighted by atomic mass is 16.5. The van der Waals surface area contributed by atoms with E-state index in [1.165, 1.54) is 0 Å². The Hall–Kier alpha value is -0.900. The van der Waals surface area contributed by atoms with Gasteiger partial charge < -0.3 is 9.84 Å². The zero-order chi connectivity index (χ0) is 11.3. The van der Waals surface area contributed by atoms with Crippen LogP contribution in [0.3, 0.4) is 0 Å². The van der Waals surface area contributed by atoms with Gasteiger partial charge in [0, 0.05) is 18.9 Å². The lowest BCUT2D eigenvalue weighted by molar-refractivity contribution is 0.353. The normalized spacial score (nSPS) is 13.4. The Kier molecular flexibility index (Phi) is 4.75. The molecular formula is C11H21N3O. The second-order valence-corrected chi connectivity index (χ2v) is 4.30. The molecule has 1 N–H and O–H groups in total. The van der Waals surface area contributed by atoms with E-state index < -0.39 is 0 Å². The summed E-state index contributed by atoms with van der Waals surface area (Å²) in [6, 6.07) is 0.428. The van der Waals surface area contributed by atoms with E-state index in [2.05, 4.69) is 36.2 Å². The highest BCUT2D eigenvalue weighted by molar-refractivity contribution is 4.90. The van der Waals surface area contributed by atoms with E-state index in [1.807, 2.05) is 7.05 Å². The molecule has 1 rings (SSSR count). The highest BCUT2D eigenvalue weighted by Gasteiger charge is 2.12. The molecule has 0 saturated heterocycles. The Labute approximate surface area is 91.5 Å². The number of hydrogen-bond donors (Lipinski definition) is 1. The predicted molar refractivity (Wildman–Crippen MR) is 59.7 cm³/mol. The smallest absolute Gasteiger partial charge is 0.228 e. The molecule has 0 radical (unpaired) electrons. The number of nitrogens with zero attached hydrogens (tertiary/aromatic N) is 2. The molecule has 1 aromatic heterocycles. The lowest BCUT2D eigenvalue weighted by Crippen LogP contribution is -2.26.